The van der Waals surface area contributed by atoms with Crippen LogP contribution < -0.4 is 0 Å². The Morgan fingerprint density at radius 2 is 1.36 bits per heavy atom. The number of benzene rings is 6. The number of hydrogen-bond acceptors (Lipinski definition) is 3. The predicted octanol–water partition coefficient (Wildman–Crippen LogP) is 10.6. The van der Waals surface area contributed by atoms with E-state index in [-0.39, 0.29) is 5.41 Å². The summed E-state index contributed by atoms with van der Waals surface area (Å²) in [7, 11) is 0. The molecule has 0 spiro atoms. The van der Waals surface area contributed by atoms with Crippen LogP contribution in [0.5, 0.6) is 0 Å². The molecule has 1 aliphatic rings. The second-order valence-corrected chi connectivity index (χ2v) is 12.5. The van der Waals surface area contributed by atoms with Crippen molar-refractivity contribution in [1.82, 2.24) is 9.97 Å². The molecule has 2 aromatic heterocycles. The first kappa shape index (κ1) is 25.6. The minimum atomic E-state index is -0.195. The van der Waals surface area contributed by atoms with E-state index in [9.17, 15) is 5.26 Å². The third kappa shape index (κ3) is 3.70. The van der Waals surface area contributed by atoms with Crippen molar-refractivity contribution in [3.05, 3.63) is 144 Å². The van der Waals surface area contributed by atoms with E-state index in [0.29, 0.717) is 5.56 Å². The zero-order chi connectivity index (χ0) is 30.3. The Morgan fingerprint density at radius 1 is 0.600 bits per heavy atom. The first-order valence-electron chi connectivity index (χ1n) is 15.3. The number of aromatic nitrogens is 2. The second kappa shape index (κ2) is 9.32. The van der Waals surface area contributed by atoms with Crippen molar-refractivity contribution in [3.8, 4) is 39.6 Å². The molecule has 0 N–H and O–H groups in total. The zero-order valence-corrected chi connectivity index (χ0v) is 25.0. The van der Waals surface area contributed by atoms with Crippen LogP contribution in [0, 0.1) is 11.3 Å². The summed E-state index contributed by atoms with van der Waals surface area (Å²) in [5, 5.41) is 16.5. The minimum absolute atomic E-state index is 0.195. The van der Waals surface area contributed by atoms with Crippen LogP contribution in [0.3, 0.4) is 0 Å². The molecule has 3 nitrogen and oxygen atoms in total. The van der Waals surface area contributed by atoms with Crippen LogP contribution in [0.1, 0.15) is 30.5 Å². The molecule has 6 aromatic carbocycles. The van der Waals surface area contributed by atoms with Gasteiger partial charge in [0, 0.05) is 44.1 Å². The summed E-state index contributed by atoms with van der Waals surface area (Å²) in [6.07, 6.45) is 1.88. The number of nitrogens with zero attached hydrogens (tertiary/aromatic N) is 3. The van der Waals surface area contributed by atoms with Crippen LogP contribution in [0.25, 0.3) is 76.9 Å². The summed E-state index contributed by atoms with van der Waals surface area (Å²) in [6, 6.07) is 45.3. The quantitative estimate of drug-likeness (QED) is 0.193. The van der Waals surface area contributed by atoms with Gasteiger partial charge in [-0.25, -0.2) is 4.98 Å². The standard InChI is InChI=1S/C42H27N3/c1-42(2)35-21-25(24-43)12-17-31(35)32-18-16-29(23-36(32)42)28-7-5-8-30(22-28)40-34-19-15-26-13-14-27-9-6-20-44-41(27)38(26)39(34)33-10-3-4-11-37(33)45-40/h3-23H,1-2H3. The van der Waals surface area contributed by atoms with Gasteiger partial charge in [-0.2, -0.15) is 5.26 Å². The van der Waals surface area contributed by atoms with Gasteiger partial charge in [0.1, 0.15) is 0 Å². The first-order chi connectivity index (χ1) is 22.0. The van der Waals surface area contributed by atoms with Crippen molar-refractivity contribution in [2.75, 3.05) is 0 Å². The Hall–Kier alpha value is -5.85. The Labute approximate surface area is 261 Å². The van der Waals surface area contributed by atoms with Gasteiger partial charge in [0.2, 0.25) is 0 Å². The molecule has 45 heavy (non-hydrogen) atoms. The Bertz CT molecular complexity index is 2590. The first-order valence-corrected chi connectivity index (χ1v) is 15.3. The lowest BCUT2D eigenvalue weighted by atomic mass is 9.81. The van der Waals surface area contributed by atoms with Gasteiger partial charge in [-0.15, -0.1) is 0 Å². The summed E-state index contributed by atoms with van der Waals surface area (Å²) >= 11 is 0. The topological polar surface area (TPSA) is 49.6 Å². The largest absolute Gasteiger partial charge is 0.256 e. The normalized spacial score (nSPS) is 13.3. The summed E-state index contributed by atoms with van der Waals surface area (Å²) in [4.78, 5) is 10.1. The average Bonchev–Trinajstić information content (AvgIpc) is 3.32. The molecule has 2 heterocycles. The molecule has 1 aliphatic carbocycles. The monoisotopic (exact) mass is 573 g/mol. The SMILES string of the molecule is CC1(C)c2cc(C#N)ccc2-c2ccc(-c3cccc(-c4nc5ccccc5c5c4ccc4ccc6cccnc6c45)c3)cc21. The van der Waals surface area contributed by atoms with Crippen molar-refractivity contribution >= 4 is 43.4 Å². The van der Waals surface area contributed by atoms with Crippen molar-refractivity contribution in [2.24, 2.45) is 0 Å². The Balaban J connectivity index is 1.26. The van der Waals surface area contributed by atoms with Gasteiger partial charge in [-0.3, -0.25) is 4.98 Å². The maximum atomic E-state index is 9.53. The highest BCUT2D eigenvalue weighted by molar-refractivity contribution is 6.28. The molecule has 0 atom stereocenters. The number of hydrogen-bond donors (Lipinski definition) is 0. The maximum Gasteiger partial charge on any atom is 0.0991 e. The van der Waals surface area contributed by atoms with Crippen LogP contribution in [-0.2, 0) is 5.41 Å². The summed E-state index contributed by atoms with van der Waals surface area (Å²) in [6.45, 7) is 4.51. The highest BCUT2D eigenvalue weighted by Gasteiger charge is 2.35. The van der Waals surface area contributed by atoms with E-state index in [1.165, 1.54) is 44.0 Å². The summed E-state index contributed by atoms with van der Waals surface area (Å²) < 4.78 is 0. The lowest BCUT2D eigenvalue weighted by molar-refractivity contribution is 0.660. The molecular formula is C42H27N3. The highest BCUT2D eigenvalue weighted by Crippen LogP contribution is 2.50. The molecule has 9 rings (SSSR count). The second-order valence-electron chi connectivity index (χ2n) is 12.5. The van der Waals surface area contributed by atoms with Gasteiger partial charge < -0.3 is 0 Å². The molecule has 3 heteroatoms. The van der Waals surface area contributed by atoms with E-state index >= 15 is 0 Å². The fourth-order valence-electron chi connectivity index (χ4n) is 7.45. The van der Waals surface area contributed by atoms with E-state index in [1.807, 2.05) is 18.3 Å². The van der Waals surface area contributed by atoms with Crippen LogP contribution in [0.15, 0.2) is 128 Å². The summed E-state index contributed by atoms with van der Waals surface area (Å²) in [5.74, 6) is 0. The van der Waals surface area contributed by atoms with E-state index in [2.05, 4.69) is 129 Å². The molecule has 0 saturated heterocycles. The van der Waals surface area contributed by atoms with Gasteiger partial charge in [0.25, 0.3) is 0 Å². The molecule has 8 aromatic rings. The molecule has 0 amide bonds. The number of para-hydroxylation sites is 1. The van der Waals surface area contributed by atoms with Crippen LogP contribution in [0.2, 0.25) is 0 Å². The third-order valence-corrected chi connectivity index (χ3v) is 9.69. The number of fused-ring (bicyclic) bond motifs is 10. The number of pyridine rings is 2. The van der Waals surface area contributed by atoms with Crippen molar-refractivity contribution in [1.29, 1.82) is 5.26 Å². The maximum absolute atomic E-state index is 9.53. The molecule has 0 bridgehead atoms. The van der Waals surface area contributed by atoms with E-state index < -0.39 is 0 Å². The molecule has 0 aliphatic heterocycles. The average molecular weight is 574 g/mol. The van der Waals surface area contributed by atoms with Crippen LogP contribution in [0.4, 0.5) is 0 Å². The molecule has 0 saturated carbocycles. The molecular weight excluding hydrogens is 546 g/mol. The van der Waals surface area contributed by atoms with Gasteiger partial charge in [0.05, 0.1) is 28.4 Å². The van der Waals surface area contributed by atoms with Gasteiger partial charge in [-0.1, -0.05) is 98.8 Å². The van der Waals surface area contributed by atoms with Gasteiger partial charge in [0.15, 0.2) is 0 Å². The van der Waals surface area contributed by atoms with Crippen molar-refractivity contribution in [3.63, 3.8) is 0 Å². The minimum Gasteiger partial charge on any atom is -0.256 e. The Morgan fingerprint density at radius 3 is 2.24 bits per heavy atom. The Kier molecular flexibility index (Phi) is 5.31. The lowest BCUT2D eigenvalue weighted by Crippen LogP contribution is -2.15. The van der Waals surface area contributed by atoms with Crippen LogP contribution in [-0.4, -0.2) is 9.97 Å². The van der Waals surface area contributed by atoms with Crippen molar-refractivity contribution in [2.45, 2.75) is 19.3 Å². The van der Waals surface area contributed by atoms with Crippen molar-refractivity contribution < 1.29 is 0 Å². The molecule has 210 valence electrons. The van der Waals surface area contributed by atoms with E-state index in [0.717, 1.165) is 44.0 Å². The highest BCUT2D eigenvalue weighted by atomic mass is 14.7. The number of rotatable bonds is 2. The summed E-state index contributed by atoms with van der Waals surface area (Å²) in [5.41, 5.74) is 11.8. The fourth-order valence-corrected chi connectivity index (χ4v) is 7.45. The lowest BCUT2D eigenvalue weighted by Gasteiger charge is -2.22. The van der Waals surface area contributed by atoms with Gasteiger partial charge >= 0.3 is 0 Å². The molecule has 0 fully saturated rings. The smallest absolute Gasteiger partial charge is 0.0991 e. The zero-order valence-electron chi connectivity index (χ0n) is 25.0. The van der Waals surface area contributed by atoms with E-state index in [4.69, 9.17) is 9.97 Å². The number of nitriles is 1. The van der Waals surface area contributed by atoms with Crippen LogP contribution >= 0.6 is 0 Å². The predicted molar refractivity (Wildman–Crippen MR) is 185 cm³/mol. The van der Waals surface area contributed by atoms with Gasteiger partial charge in [-0.05, 0) is 75.2 Å². The van der Waals surface area contributed by atoms with E-state index in [1.54, 1.807) is 0 Å². The fraction of sp³-hybridized carbons (Fsp3) is 0.0714. The third-order valence-electron chi connectivity index (χ3n) is 9.69. The molecule has 0 unspecified atom stereocenters. The molecule has 0 radical (unpaired) electrons.